The Kier molecular flexibility index (Phi) is 5.55. The van der Waals surface area contributed by atoms with Gasteiger partial charge >= 0.3 is 0 Å². The third-order valence-electron chi connectivity index (χ3n) is 5.48. The maximum atomic E-state index is 12.6. The largest absolute Gasteiger partial charge is 0.454 e. The van der Waals surface area contributed by atoms with Gasteiger partial charge in [-0.05, 0) is 43.0 Å². The first kappa shape index (κ1) is 19.9. The number of fused-ring (bicyclic) bond motifs is 1. The summed E-state index contributed by atoms with van der Waals surface area (Å²) in [7, 11) is 0. The molecule has 1 aromatic heterocycles. The van der Waals surface area contributed by atoms with Gasteiger partial charge in [-0.3, -0.25) is 4.79 Å². The number of thioether (sulfide) groups is 1. The number of aromatic nitrogens is 3. The Balaban J connectivity index is 1.23. The second kappa shape index (κ2) is 8.63. The van der Waals surface area contributed by atoms with E-state index in [1.165, 1.54) is 17.3 Å². The van der Waals surface area contributed by atoms with Gasteiger partial charge in [0.15, 0.2) is 16.7 Å². The predicted molar refractivity (Wildman–Crippen MR) is 117 cm³/mol. The minimum Gasteiger partial charge on any atom is -0.454 e. The van der Waals surface area contributed by atoms with Crippen LogP contribution in [-0.2, 0) is 11.3 Å². The van der Waals surface area contributed by atoms with Crippen molar-refractivity contribution in [2.24, 2.45) is 0 Å². The van der Waals surface area contributed by atoms with Crippen LogP contribution in [-0.4, -0.2) is 33.2 Å². The monoisotopic (exact) mass is 436 g/mol. The standard InChI is InChI=1S/C23H24N4O3S/c1-15(18-9-10-19-20(11-18)30-14-29-19)24-21(28)13-31-23-26-25-22(17-7-8-17)27(23)12-16-5-3-2-4-6-16/h2-6,9-11,15,17H,7-8,12-14H2,1H3,(H,24,28). The fourth-order valence-corrected chi connectivity index (χ4v) is 4.40. The molecule has 1 unspecified atom stereocenters. The van der Waals surface area contributed by atoms with Crippen molar-refractivity contribution in [3.63, 3.8) is 0 Å². The van der Waals surface area contributed by atoms with Gasteiger partial charge in [-0.1, -0.05) is 48.2 Å². The fraction of sp³-hybridized carbons (Fsp3) is 0.348. The summed E-state index contributed by atoms with van der Waals surface area (Å²) in [5, 5.41) is 12.7. The molecule has 5 rings (SSSR count). The van der Waals surface area contributed by atoms with Crippen molar-refractivity contribution in [2.75, 3.05) is 12.5 Å². The molecule has 0 saturated heterocycles. The number of rotatable bonds is 8. The average Bonchev–Trinajstić information content (AvgIpc) is 3.38. The number of hydrogen-bond acceptors (Lipinski definition) is 6. The maximum absolute atomic E-state index is 12.6. The molecule has 160 valence electrons. The van der Waals surface area contributed by atoms with Gasteiger partial charge in [-0.25, -0.2) is 0 Å². The molecule has 3 aromatic rings. The van der Waals surface area contributed by atoms with Crippen molar-refractivity contribution in [3.05, 3.63) is 65.5 Å². The van der Waals surface area contributed by atoms with E-state index in [1.807, 2.05) is 43.3 Å². The SMILES string of the molecule is CC(NC(=O)CSc1nnc(C2CC2)n1Cc1ccccc1)c1ccc2c(c1)OCO2. The highest BCUT2D eigenvalue weighted by Crippen LogP contribution is 2.40. The summed E-state index contributed by atoms with van der Waals surface area (Å²) in [6.07, 6.45) is 2.32. The van der Waals surface area contributed by atoms with E-state index in [1.54, 1.807) is 0 Å². The first-order chi connectivity index (χ1) is 15.2. The predicted octanol–water partition coefficient (Wildman–Crippen LogP) is 3.90. The van der Waals surface area contributed by atoms with Crippen molar-refractivity contribution in [2.45, 2.75) is 43.4 Å². The summed E-state index contributed by atoms with van der Waals surface area (Å²) in [6.45, 7) is 2.92. The lowest BCUT2D eigenvalue weighted by atomic mass is 10.1. The van der Waals surface area contributed by atoms with Crippen molar-refractivity contribution in [3.8, 4) is 11.5 Å². The van der Waals surface area contributed by atoms with Crippen LogP contribution in [0.15, 0.2) is 53.7 Å². The Hall–Kier alpha value is -3.00. The summed E-state index contributed by atoms with van der Waals surface area (Å²) >= 11 is 1.43. The van der Waals surface area contributed by atoms with Crippen LogP contribution >= 0.6 is 11.8 Å². The minimum atomic E-state index is -0.133. The summed E-state index contributed by atoms with van der Waals surface area (Å²) in [4.78, 5) is 12.6. The van der Waals surface area contributed by atoms with E-state index in [-0.39, 0.29) is 24.5 Å². The highest BCUT2D eigenvalue weighted by molar-refractivity contribution is 7.99. The third-order valence-corrected chi connectivity index (χ3v) is 6.44. The summed E-state index contributed by atoms with van der Waals surface area (Å²) in [5.74, 6) is 3.21. The molecule has 31 heavy (non-hydrogen) atoms. The molecule has 1 aliphatic carbocycles. The van der Waals surface area contributed by atoms with Crippen LogP contribution in [0, 0.1) is 0 Å². The first-order valence-corrected chi connectivity index (χ1v) is 11.4. The number of nitrogens with one attached hydrogen (secondary N) is 1. The normalized spacial score (nSPS) is 15.6. The van der Waals surface area contributed by atoms with Gasteiger partial charge in [-0.15, -0.1) is 10.2 Å². The lowest BCUT2D eigenvalue weighted by molar-refractivity contribution is -0.119. The van der Waals surface area contributed by atoms with Gasteiger partial charge < -0.3 is 19.4 Å². The van der Waals surface area contributed by atoms with E-state index in [0.29, 0.717) is 5.92 Å². The molecule has 0 radical (unpaired) electrons. The van der Waals surface area contributed by atoms with E-state index in [4.69, 9.17) is 9.47 Å². The molecule has 2 heterocycles. The van der Waals surface area contributed by atoms with E-state index in [0.717, 1.165) is 47.4 Å². The third kappa shape index (κ3) is 4.54. The molecule has 1 amide bonds. The molecular formula is C23H24N4O3S. The molecule has 0 bridgehead atoms. The molecule has 1 N–H and O–H groups in total. The van der Waals surface area contributed by atoms with Gasteiger partial charge in [0.05, 0.1) is 18.3 Å². The van der Waals surface area contributed by atoms with Crippen LogP contribution < -0.4 is 14.8 Å². The Morgan fingerprint density at radius 2 is 1.97 bits per heavy atom. The zero-order chi connectivity index (χ0) is 21.2. The van der Waals surface area contributed by atoms with Crippen molar-refractivity contribution in [1.29, 1.82) is 0 Å². The number of ether oxygens (including phenoxy) is 2. The first-order valence-electron chi connectivity index (χ1n) is 10.5. The number of nitrogens with zero attached hydrogens (tertiary/aromatic N) is 3. The highest BCUT2D eigenvalue weighted by atomic mass is 32.2. The molecule has 2 aromatic carbocycles. The number of hydrogen-bond donors (Lipinski definition) is 1. The van der Waals surface area contributed by atoms with Crippen molar-refractivity contribution in [1.82, 2.24) is 20.1 Å². The molecule has 1 aliphatic heterocycles. The smallest absolute Gasteiger partial charge is 0.231 e. The second-order valence-corrected chi connectivity index (χ2v) is 8.82. The van der Waals surface area contributed by atoms with Gasteiger partial charge in [0, 0.05) is 5.92 Å². The number of carbonyl (C=O) groups excluding carboxylic acids is 1. The quantitative estimate of drug-likeness (QED) is 0.540. The highest BCUT2D eigenvalue weighted by Gasteiger charge is 2.30. The zero-order valence-corrected chi connectivity index (χ0v) is 18.1. The molecule has 1 atom stereocenters. The van der Waals surface area contributed by atoms with Crippen LogP contribution in [0.5, 0.6) is 11.5 Å². The number of benzene rings is 2. The second-order valence-electron chi connectivity index (χ2n) is 7.88. The average molecular weight is 437 g/mol. The fourth-order valence-electron chi connectivity index (χ4n) is 3.64. The lowest BCUT2D eigenvalue weighted by Gasteiger charge is -2.15. The van der Waals surface area contributed by atoms with Crippen LogP contribution in [0.25, 0.3) is 0 Å². The molecule has 1 fully saturated rings. The summed E-state index contributed by atoms with van der Waals surface area (Å²) in [5.41, 5.74) is 2.18. The molecule has 0 spiro atoms. The number of carbonyl (C=O) groups is 1. The van der Waals surface area contributed by atoms with Gasteiger partial charge in [-0.2, -0.15) is 0 Å². The van der Waals surface area contributed by atoms with E-state index >= 15 is 0 Å². The Bertz CT molecular complexity index is 1080. The van der Waals surface area contributed by atoms with E-state index < -0.39 is 0 Å². The van der Waals surface area contributed by atoms with Crippen LogP contribution in [0.2, 0.25) is 0 Å². The Morgan fingerprint density at radius 1 is 1.16 bits per heavy atom. The molecule has 2 aliphatic rings. The Labute approximate surface area is 185 Å². The molecule has 8 heteroatoms. The van der Waals surface area contributed by atoms with E-state index in [9.17, 15) is 4.79 Å². The lowest BCUT2D eigenvalue weighted by Crippen LogP contribution is -2.28. The topological polar surface area (TPSA) is 78.3 Å². The van der Waals surface area contributed by atoms with E-state index in [2.05, 4.69) is 32.2 Å². The van der Waals surface area contributed by atoms with Crippen LogP contribution in [0.3, 0.4) is 0 Å². The molecule has 7 nitrogen and oxygen atoms in total. The minimum absolute atomic E-state index is 0.0441. The number of amides is 1. The van der Waals surface area contributed by atoms with Crippen LogP contribution in [0.4, 0.5) is 0 Å². The zero-order valence-electron chi connectivity index (χ0n) is 17.3. The summed E-state index contributed by atoms with van der Waals surface area (Å²) in [6, 6.07) is 15.9. The van der Waals surface area contributed by atoms with Crippen molar-refractivity contribution >= 4 is 17.7 Å². The van der Waals surface area contributed by atoms with Gasteiger partial charge in [0.25, 0.3) is 0 Å². The van der Waals surface area contributed by atoms with Crippen molar-refractivity contribution < 1.29 is 14.3 Å². The summed E-state index contributed by atoms with van der Waals surface area (Å²) < 4.78 is 12.9. The van der Waals surface area contributed by atoms with Crippen LogP contribution in [0.1, 0.15) is 48.7 Å². The maximum Gasteiger partial charge on any atom is 0.231 e. The molecular weight excluding hydrogens is 412 g/mol. The Morgan fingerprint density at radius 3 is 2.77 bits per heavy atom. The molecule has 1 saturated carbocycles. The van der Waals surface area contributed by atoms with Gasteiger partial charge in [0.2, 0.25) is 12.7 Å². The van der Waals surface area contributed by atoms with Gasteiger partial charge in [0.1, 0.15) is 5.82 Å².